The van der Waals surface area contributed by atoms with E-state index in [2.05, 4.69) is 0 Å². The van der Waals surface area contributed by atoms with Crippen molar-refractivity contribution in [2.75, 3.05) is 7.05 Å². The van der Waals surface area contributed by atoms with Gasteiger partial charge in [-0.25, -0.2) is 0 Å². The Balaban J connectivity index is 2.10. The van der Waals surface area contributed by atoms with Gasteiger partial charge in [0.05, 0.1) is 5.92 Å². The lowest BCUT2D eigenvalue weighted by Gasteiger charge is -2.24. The van der Waals surface area contributed by atoms with Crippen molar-refractivity contribution >= 4 is 5.91 Å². The highest BCUT2D eigenvalue weighted by Gasteiger charge is 2.42. The van der Waals surface area contributed by atoms with Crippen LogP contribution in [-0.2, 0) is 11.3 Å². The Morgan fingerprint density at radius 1 is 1.12 bits per heavy atom. The van der Waals surface area contributed by atoms with Gasteiger partial charge in [-0.3, -0.25) is 4.79 Å². The number of rotatable bonds is 5. The van der Waals surface area contributed by atoms with Crippen LogP contribution in [0, 0.1) is 0 Å². The number of phenols is 1. The van der Waals surface area contributed by atoms with Crippen molar-refractivity contribution < 1.29 is 23.1 Å². The third-order valence-electron chi connectivity index (χ3n) is 3.73. The molecule has 2 rings (SSSR count). The molecule has 2 aromatic carbocycles. The quantitative estimate of drug-likeness (QED) is 0.893. The van der Waals surface area contributed by atoms with E-state index in [0.29, 0.717) is 5.56 Å². The second-order valence-electron chi connectivity index (χ2n) is 5.63. The van der Waals surface area contributed by atoms with Crippen LogP contribution in [-0.4, -0.2) is 29.1 Å². The van der Waals surface area contributed by atoms with E-state index in [1.807, 2.05) is 0 Å². The predicted octanol–water partition coefficient (Wildman–Crippen LogP) is 4.09. The molecule has 0 aliphatic carbocycles. The highest BCUT2D eigenvalue weighted by atomic mass is 19.4. The number of amides is 1. The Labute approximate surface area is 138 Å². The molecule has 0 saturated heterocycles. The van der Waals surface area contributed by atoms with Crippen LogP contribution in [0.4, 0.5) is 13.2 Å². The molecular weight excluding hydrogens is 319 g/mol. The molecule has 0 saturated carbocycles. The number of aromatic hydroxyl groups is 1. The van der Waals surface area contributed by atoms with Gasteiger partial charge in [0.2, 0.25) is 5.91 Å². The average molecular weight is 337 g/mol. The van der Waals surface area contributed by atoms with Crippen molar-refractivity contribution in [2.24, 2.45) is 0 Å². The summed E-state index contributed by atoms with van der Waals surface area (Å²) >= 11 is 0. The molecule has 0 spiro atoms. The lowest BCUT2D eigenvalue weighted by atomic mass is 9.94. The normalized spacial score (nSPS) is 12.7. The fourth-order valence-corrected chi connectivity index (χ4v) is 2.46. The first-order valence-corrected chi connectivity index (χ1v) is 7.41. The van der Waals surface area contributed by atoms with E-state index in [1.54, 1.807) is 18.2 Å². The molecule has 24 heavy (non-hydrogen) atoms. The number of hydrogen-bond acceptors (Lipinski definition) is 2. The van der Waals surface area contributed by atoms with Crippen molar-refractivity contribution in [3.63, 3.8) is 0 Å². The lowest BCUT2D eigenvalue weighted by Crippen LogP contribution is -2.31. The number of nitrogens with zero attached hydrogens (tertiary/aromatic N) is 1. The van der Waals surface area contributed by atoms with Gasteiger partial charge in [0.25, 0.3) is 0 Å². The van der Waals surface area contributed by atoms with Crippen LogP contribution < -0.4 is 0 Å². The fourth-order valence-electron chi connectivity index (χ4n) is 2.46. The first kappa shape index (κ1) is 17.8. The van der Waals surface area contributed by atoms with E-state index in [0.717, 1.165) is 0 Å². The summed E-state index contributed by atoms with van der Waals surface area (Å²) in [6, 6.07) is 13.7. The first-order valence-electron chi connectivity index (χ1n) is 7.41. The van der Waals surface area contributed by atoms with Gasteiger partial charge in [0.1, 0.15) is 5.75 Å². The van der Waals surface area contributed by atoms with Crippen LogP contribution in [0.3, 0.4) is 0 Å². The van der Waals surface area contributed by atoms with Crippen LogP contribution in [0.1, 0.15) is 23.5 Å². The summed E-state index contributed by atoms with van der Waals surface area (Å²) in [7, 11) is 1.45. The Hall–Kier alpha value is -2.50. The summed E-state index contributed by atoms with van der Waals surface area (Å²) in [5.74, 6) is -2.40. The lowest BCUT2D eigenvalue weighted by molar-refractivity contribution is -0.160. The molecular formula is C18H18F3NO2. The maximum Gasteiger partial charge on any atom is 0.396 e. The van der Waals surface area contributed by atoms with Crippen LogP contribution in [0.25, 0.3) is 0 Å². The van der Waals surface area contributed by atoms with Gasteiger partial charge in [-0.2, -0.15) is 13.2 Å². The van der Waals surface area contributed by atoms with Crippen molar-refractivity contribution in [2.45, 2.75) is 25.1 Å². The molecule has 3 nitrogen and oxygen atoms in total. The molecule has 1 amide bonds. The van der Waals surface area contributed by atoms with E-state index < -0.39 is 24.4 Å². The van der Waals surface area contributed by atoms with Crippen LogP contribution >= 0.6 is 0 Å². The number of carbonyl (C=O) groups excluding carboxylic acids is 1. The smallest absolute Gasteiger partial charge is 0.396 e. The number of phenolic OH excluding ortho intramolecular Hbond substituents is 1. The molecule has 0 fully saturated rings. The van der Waals surface area contributed by atoms with E-state index in [4.69, 9.17) is 0 Å². The molecule has 0 heterocycles. The second kappa shape index (κ2) is 7.38. The molecule has 1 unspecified atom stereocenters. The molecule has 0 radical (unpaired) electrons. The van der Waals surface area contributed by atoms with Crippen LogP contribution in [0.2, 0.25) is 0 Å². The molecule has 1 atom stereocenters. The Kier molecular flexibility index (Phi) is 5.49. The average Bonchev–Trinajstić information content (AvgIpc) is 2.52. The minimum atomic E-state index is -4.50. The van der Waals surface area contributed by atoms with Gasteiger partial charge in [0, 0.05) is 20.0 Å². The van der Waals surface area contributed by atoms with Crippen molar-refractivity contribution in [1.82, 2.24) is 4.90 Å². The topological polar surface area (TPSA) is 40.5 Å². The van der Waals surface area contributed by atoms with E-state index in [9.17, 15) is 23.1 Å². The largest absolute Gasteiger partial charge is 0.508 e. The summed E-state index contributed by atoms with van der Waals surface area (Å²) in [6.45, 7) is 0.132. The molecule has 2 aromatic rings. The van der Waals surface area contributed by atoms with Crippen molar-refractivity contribution in [3.05, 3.63) is 65.7 Å². The van der Waals surface area contributed by atoms with E-state index >= 15 is 0 Å². The van der Waals surface area contributed by atoms with Crippen LogP contribution in [0.5, 0.6) is 5.75 Å². The van der Waals surface area contributed by atoms with Gasteiger partial charge in [-0.1, -0.05) is 42.5 Å². The zero-order chi connectivity index (χ0) is 17.7. The van der Waals surface area contributed by atoms with Crippen LogP contribution in [0.15, 0.2) is 54.6 Å². The SMILES string of the molecule is CN(Cc1cccc(O)c1)C(=O)CC(c1ccccc1)C(F)(F)F. The van der Waals surface area contributed by atoms with E-state index in [1.165, 1.54) is 48.3 Å². The van der Waals surface area contributed by atoms with Gasteiger partial charge in [0.15, 0.2) is 0 Å². The zero-order valence-electron chi connectivity index (χ0n) is 13.1. The number of halogens is 3. The second-order valence-corrected chi connectivity index (χ2v) is 5.63. The summed E-state index contributed by atoms with van der Waals surface area (Å²) in [5.41, 5.74) is 0.721. The summed E-state index contributed by atoms with van der Waals surface area (Å²) < 4.78 is 39.9. The van der Waals surface area contributed by atoms with Gasteiger partial charge in [-0.05, 0) is 23.3 Å². The Morgan fingerprint density at radius 2 is 1.79 bits per heavy atom. The maximum absolute atomic E-state index is 13.3. The van der Waals surface area contributed by atoms with E-state index in [-0.39, 0.29) is 17.9 Å². The Bertz CT molecular complexity index is 686. The molecule has 0 aromatic heterocycles. The highest BCUT2D eigenvalue weighted by molar-refractivity contribution is 5.77. The standard InChI is InChI=1S/C18H18F3NO2/c1-22(12-13-6-5-9-15(23)10-13)17(24)11-16(18(19,20)21)14-7-3-2-4-8-14/h2-10,16,23H,11-12H2,1H3. The van der Waals surface area contributed by atoms with Crippen molar-refractivity contribution in [3.8, 4) is 5.75 Å². The number of hydrogen-bond donors (Lipinski definition) is 1. The minimum absolute atomic E-state index is 0.0470. The molecule has 0 aliphatic heterocycles. The predicted molar refractivity (Wildman–Crippen MR) is 84.4 cm³/mol. The highest BCUT2D eigenvalue weighted by Crippen LogP contribution is 2.37. The molecule has 6 heteroatoms. The summed E-state index contributed by atoms with van der Waals surface area (Å²) in [4.78, 5) is 13.5. The van der Waals surface area contributed by atoms with Crippen molar-refractivity contribution in [1.29, 1.82) is 0 Å². The molecule has 0 aliphatic rings. The summed E-state index contributed by atoms with van der Waals surface area (Å²) in [6.07, 6.45) is -5.15. The maximum atomic E-state index is 13.3. The number of carbonyl (C=O) groups is 1. The Morgan fingerprint density at radius 3 is 2.38 bits per heavy atom. The molecule has 0 bridgehead atoms. The van der Waals surface area contributed by atoms with Gasteiger partial charge < -0.3 is 10.0 Å². The number of alkyl halides is 3. The molecule has 1 N–H and O–H groups in total. The zero-order valence-corrected chi connectivity index (χ0v) is 13.1. The van der Waals surface area contributed by atoms with Gasteiger partial charge in [-0.15, -0.1) is 0 Å². The minimum Gasteiger partial charge on any atom is -0.508 e. The third kappa shape index (κ3) is 4.75. The first-order chi connectivity index (χ1) is 11.3. The summed E-state index contributed by atoms with van der Waals surface area (Å²) in [5, 5.41) is 9.41. The monoisotopic (exact) mass is 337 g/mol. The van der Waals surface area contributed by atoms with Gasteiger partial charge >= 0.3 is 6.18 Å². The molecule has 128 valence electrons. The number of benzene rings is 2. The third-order valence-corrected chi connectivity index (χ3v) is 3.73. The fraction of sp³-hybridized carbons (Fsp3) is 0.278.